The molecule has 0 aliphatic rings. The van der Waals surface area contributed by atoms with Crippen LogP contribution in [0.1, 0.15) is 28.9 Å². The molecular weight excluding hydrogens is 299 g/mol. The standard InChI is InChI=1S/C17H17FN2O3/c1-11(17(22)23-2)15(12-6-4-3-5-7-12)20-16(21)13-8-9-19-10-14(13)18/h3-11,15H,1-2H3,(H,20,21)/t11-,15-/m0/s1. The number of halogens is 1. The lowest BCUT2D eigenvalue weighted by atomic mass is 9.94. The molecule has 1 heterocycles. The van der Waals surface area contributed by atoms with Gasteiger partial charge in [0.25, 0.3) is 5.91 Å². The van der Waals surface area contributed by atoms with Gasteiger partial charge in [0.15, 0.2) is 5.82 Å². The number of esters is 1. The number of rotatable bonds is 5. The highest BCUT2D eigenvalue weighted by molar-refractivity contribution is 5.94. The summed E-state index contributed by atoms with van der Waals surface area (Å²) in [5.41, 5.74) is 0.603. The van der Waals surface area contributed by atoms with Gasteiger partial charge in [-0.25, -0.2) is 4.39 Å². The largest absolute Gasteiger partial charge is 0.469 e. The third-order valence-corrected chi connectivity index (χ3v) is 3.54. The number of benzene rings is 1. The van der Waals surface area contributed by atoms with Gasteiger partial charge in [0.2, 0.25) is 0 Å². The molecule has 0 unspecified atom stereocenters. The van der Waals surface area contributed by atoms with Gasteiger partial charge in [0.1, 0.15) is 0 Å². The Balaban J connectivity index is 2.30. The van der Waals surface area contributed by atoms with E-state index in [0.29, 0.717) is 0 Å². The molecule has 0 saturated heterocycles. The highest BCUT2D eigenvalue weighted by Crippen LogP contribution is 2.23. The van der Waals surface area contributed by atoms with Gasteiger partial charge in [-0.1, -0.05) is 30.3 Å². The Morgan fingerprint density at radius 3 is 2.52 bits per heavy atom. The van der Waals surface area contributed by atoms with Crippen molar-refractivity contribution in [2.75, 3.05) is 7.11 Å². The summed E-state index contributed by atoms with van der Waals surface area (Å²) in [6.07, 6.45) is 2.30. The summed E-state index contributed by atoms with van der Waals surface area (Å²) in [5, 5.41) is 2.70. The second-order valence-electron chi connectivity index (χ2n) is 5.03. The number of pyridine rings is 1. The molecule has 1 N–H and O–H groups in total. The highest BCUT2D eigenvalue weighted by atomic mass is 19.1. The molecule has 1 aromatic carbocycles. The number of carbonyl (C=O) groups is 2. The monoisotopic (exact) mass is 316 g/mol. The summed E-state index contributed by atoms with van der Waals surface area (Å²) in [4.78, 5) is 27.8. The van der Waals surface area contributed by atoms with Crippen LogP contribution in [0.4, 0.5) is 4.39 Å². The summed E-state index contributed by atoms with van der Waals surface area (Å²) in [7, 11) is 1.28. The Morgan fingerprint density at radius 2 is 1.91 bits per heavy atom. The Bertz CT molecular complexity index is 691. The Kier molecular flexibility index (Phi) is 5.41. The Morgan fingerprint density at radius 1 is 1.22 bits per heavy atom. The van der Waals surface area contributed by atoms with Gasteiger partial charge in [-0.05, 0) is 18.6 Å². The highest BCUT2D eigenvalue weighted by Gasteiger charge is 2.28. The molecule has 0 fully saturated rings. The predicted octanol–water partition coefficient (Wildman–Crippen LogP) is 2.50. The number of methoxy groups -OCH3 is 1. The van der Waals surface area contributed by atoms with E-state index in [2.05, 4.69) is 10.3 Å². The van der Waals surface area contributed by atoms with Gasteiger partial charge in [-0.3, -0.25) is 14.6 Å². The van der Waals surface area contributed by atoms with Crippen LogP contribution < -0.4 is 5.32 Å². The van der Waals surface area contributed by atoms with Gasteiger partial charge in [-0.2, -0.15) is 0 Å². The second kappa shape index (κ2) is 7.49. The zero-order chi connectivity index (χ0) is 16.8. The van der Waals surface area contributed by atoms with E-state index in [1.54, 1.807) is 31.2 Å². The maximum Gasteiger partial charge on any atom is 0.310 e. The van der Waals surface area contributed by atoms with Crippen LogP contribution in [0.15, 0.2) is 48.8 Å². The molecular formula is C17H17FN2O3. The van der Waals surface area contributed by atoms with Crippen LogP contribution in [0.3, 0.4) is 0 Å². The van der Waals surface area contributed by atoms with Gasteiger partial charge < -0.3 is 10.1 Å². The van der Waals surface area contributed by atoms with E-state index in [4.69, 9.17) is 4.74 Å². The molecule has 2 aromatic rings. The normalized spacial score (nSPS) is 13.0. The van der Waals surface area contributed by atoms with Crippen molar-refractivity contribution in [1.82, 2.24) is 10.3 Å². The van der Waals surface area contributed by atoms with Crippen LogP contribution in [0.2, 0.25) is 0 Å². The first-order valence-corrected chi connectivity index (χ1v) is 7.07. The average Bonchev–Trinajstić information content (AvgIpc) is 2.59. The van der Waals surface area contributed by atoms with Crippen molar-refractivity contribution in [3.63, 3.8) is 0 Å². The van der Waals surface area contributed by atoms with Gasteiger partial charge >= 0.3 is 5.97 Å². The summed E-state index contributed by atoms with van der Waals surface area (Å²) in [6.45, 7) is 1.65. The number of amides is 1. The molecule has 0 spiro atoms. The number of hydrogen-bond donors (Lipinski definition) is 1. The first-order chi connectivity index (χ1) is 11.0. The van der Waals surface area contributed by atoms with Crippen molar-refractivity contribution in [2.45, 2.75) is 13.0 Å². The molecule has 0 saturated carbocycles. The minimum atomic E-state index is -0.720. The van der Waals surface area contributed by atoms with Crippen LogP contribution in [-0.2, 0) is 9.53 Å². The van der Waals surface area contributed by atoms with Gasteiger partial charge in [0, 0.05) is 6.20 Å². The summed E-state index contributed by atoms with van der Waals surface area (Å²) in [6, 6.07) is 9.64. The number of hydrogen-bond acceptors (Lipinski definition) is 4. The minimum absolute atomic E-state index is 0.127. The third-order valence-electron chi connectivity index (χ3n) is 3.54. The molecule has 0 aliphatic carbocycles. The van der Waals surface area contributed by atoms with E-state index in [0.717, 1.165) is 11.8 Å². The van der Waals surface area contributed by atoms with E-state index >= 15 is 0 Å². The molecule has 120 valence electrons. The molecule has 0 radical (unpaired) electrons. The number of ether oxygens (including phenoxy) is 1. The summed E-state index contributed by atoms with van der Waals surface area (Å²) in [5.74, 6) is -2.43. The van der Waals surface area contributed by atoms with Crippen molar-refractivity contribution in [3.8, 4) is 0 Å². The fourth-order valence-corrected chi connectivity index (χ4v) is 2.26. The van der Waals surface area contributed by atoms with Gasteiger partial charge in [-0.15, -0.1) is 0 Å². The Labute approximate surface area is 133 Å². The van der Waals surface area contributed by atoms with Crippen molar-refractivity contribution in [3.05, 3.63) is 65.7 Å². The average molecular weight is 316 g/mol. The lowest BCUT2D eigenvalue weighted by molar-refractivity contribution is -0.145. The SMILES string of the molecule is COC(=O)[C@@H](C)[C@H](NC(=O)c1ccncc1F)c1ccccc1. The lowest BCUT2D eigenvalue weighted by Gasteiger charge is -2.24. The first kappa shape index (κ1) is 16.6. The number of carbonyl (C=O) groups excluding carboxylic acids is 2. The molecule has 0 bridgehead atoms. The number of nitrogens with one attached hydrogen (secondary N) is 1. The van der Waals surface area contributed by atoms with Crippen LogP contribution in [-0.4, -0.2) is 24.0 Å². The fourth-order valence-electron chi connectivity index (χ4n) is 2.26. The van der Waals surface area contributed by atoms with Crippen molar-refractivity contribution >= 4 is 11.9 Å². The van der Waals surface area contributed by atoms with Gasteiger partial charge in [0.05, 0.1) is 30.8 Å². The smallest absolute Gasteiger partial charge is 0.310 e. The molecule has 1 amide bonds. The van der Waals surface area contributed by atoms with E-state index < -0.39 is 29.7 Å². The summed E-state index contributed by atoms with van der Waals surface area (Å²) < 4.78 is 18.5. The minimum Gasteiger partial charge on any atom is -0.469 e. The van der Waals surface area contributed by atoms with E-state index in [1.165, 1.54) is 19.4 Å². The fraction of sp³-hybridized carbons (Fsp3) is 0.235. The third kappa shape index (κ3) is 3.91. The van der Waals surface area contributed by atoms with E-state index in [-0.39, 0.29) is 5.56 Å². The number of nitrogens with zero attached hydrogens (tertiary/aromatic N) is 1. The molecule has 5 nitrogen and oxygen atoms in total. The van der Waals surface area contributed by atoms with E-state index in [9.17, 15) is 14.0 Å². The van der Waals surface area contributed by atoms with Crippen LogP contribution in [0, 0.1) is 11.7 Å². The lowest BCUT2D eigenvalue weighted by Crippen LogP contribution is -2.36. The quantitative estimate of drug-likeness (QED) is 0.861. The molecule has 23 heavy (non-hydrogen) atoms. The number of aromatic nitrogens is 1. The molecule has 0 aliphatic heterocycles. The molecule has 2 rings (SSSR count). The zero-order valence-electron chi connectivity index (χ0n) is 12.8. The predicted molar refractivity (Wildman–Crippen MR) is 82.0 cm³/mol. The maximum atomic E-state index is 13.7. The molecule has 2 atom stereocenters. The topological polar surface area (TPSA) is 68.3 Å². The van der Waals surface area contributed by atoms with Crippen molar-refractivity contribution < 1.29 is 18.7 Å². The van der Waals surface area contributed by atoms with Crippen molar-refractivity contribution in [2.24, 2.45) is 5.92 Å². The van der Waals surface area contributed by atoms with Crippen LogP contribution in [0.5, 0.6) is 0 Å². The Hall–Kier alpha value is -2.76. The summed E-state index contributed by atoms with van der Waals surface area (Å²) >= 11 is 0. The second-order valence-corrected chi connectivity index (χ2v) is 5.03. The maximum absolute atomic E-state index is 13.7. The van der Waals surface area contributed by atoms with Crippen LogP contribution in [0.25, 0.3) is 0 Å². The molecule has 1 aromatic heterocycles. The first-order valence-electron chi connectivity index (χ1n) is 7.07. The van der Waals surface area contributed by atoms with Crippen LogP contribution >= 0.6 is 0 Å². The molecule has 6 heteroatoms. The van der Waals surface area contributed by atoms with E-state index in [1.807, 2.05) is 6.07 Å². The van der Waals surface area contributed by atoms with Crippen molar-refractivity contribution in [1.29, 1.82) is 0 Å². The zero-order valence-corrected chi connectivity index (χ0v) is 12.8.